The van der Waals surface area contributed by atoms with Crippen molar-refractivity contribution in [1.29, 1.82) is 0 Å². The van der Waals surface area contributed by atoms with Crippen molar-refractivity contribution in [3.05, 3.63) is 0 Å². The average Bonchev–Trinajstić information content (AvgIpc) is 2.86. The molecule has 11 heteroatoms. The summed E-state index contributed by atoms with van der Waals surface area (Å²) >= 11 is 1.81. The summed E-state index contributed by atoms with van der Waals surface area (Å²) in [6.45, 7) is 11.7. The van der Waals surface area contributed by atoms with E-state index in [2.05, 4.69) is 8.61 Å². The third-order valence-electron chi connectivity index (χ3n) is 4.74. The van der Waals surface area contributed by atoms with E-state index in [0.29, 0.717) is 52.9 Å². The van der Waals surface area contributed by atoms with Gasteiger partial charge < -0.3 is 37.9 Å². The van der Waals surface area contributed by atoms with Gasteiger partial charge in [-0.2, -0.15) is 0 Å². The highest BCUT2D eigenvalue weighted by molar-refractivity contribution is 7.94. The zero-order chi connectivity index (χ0) is 25.7. The SMILES string of the molecule is COCCCN(CCCOCCOCCOC)SN(CCCOC)CCCOCCOCCOC. The van der Waals surface area contributed by atoms with Crippen molar-refractivity contribution in [2.75, 3.05) is 134 Å². The summed E-state index contributed by atoms with van der Waals surface area (Å²) in [5, 5.41) is 0. The summed E-state index contributed by atoms with van der Waals surface area (Å²) in [5.74, 6) is 0. The van der Waals surface area contributed by atoms with Crippen LogP contribution in [0.3, 0.4) is 0 Å². The summed E-state index contributed by atoms with van der Waals surface area (Å²) in [7, 11) is 6.84. The lowest BCUT2D eigenvalue weighted by Crippen LogP contribution is -2.30. The molecular formula is C24H52N2O8S. The van der Waals surface area contributed by atoms with E-state index in [-0.39, 0.29) is 0 Å². The molecule has 0 heterocycles. The summed E-state index contributed by atoms with van der Waals surface area (Å²) in [5.41, 5.74) is 0. The molecule has 10 nitrogen and oxygen atoms in total. The molecule has 0 radical (unpaired) electrons. The average molecular weight is 529 g/mol. The van der Waals surface area contributed by atoms with Gasteiger partial charge >= 0.3 is 0 Å². The first kappa shape index (κ1) is 35.0. The molecule has 0 aliphatic rings. The van der Waals surface area contributed by atoms with Crippen molar-refractivity contribution in [3.63, 3.8) is 0 Å². The number of nitrogens with zero attached hydrogens (tertiary/aromatic N) is 2. The molecule has 0 aliphatic heterocycles. The van der Waals surface area contributed by atoms with Crippen LogP contribution in [0.4, 0.5) is 0 Å². The van der Waals surface area contributed by atoms with E-state index >= 15 is 0 Å². The summed E-state index contributed by atoms with van der Waals surface area (Å²) in [4.78, 5) is 0. The molecule has 0 N–H and O–H groups in total. The molecule has 0 rings (SSSR count). The molecule has 0 unspecified atom stereocenters. The zero-order valence-corrected chi connectivity index (χ0v) is 23.5. The number of hydrogen-bond acceptors (Lipinski definition) is 11. The molecule has 0 fully saturated rings. The molecule has 0 bridgehead atoms. The Balaban J connectivity index is 4.27. The summed E-state index contributed by atoms with van der Waals surface area (Å²) in [6, 6.07) is 0. The van der Waals surface area contributed by atoms with E-state index in [1.807, 2.05) is 12.1 Å². The molecule has 212 valence electrons. The maximum atomic E-state index is 5.72. The van der Waals surface area contributed by atoms with Crippen molar-refractivity contribution in [1.82, 2.24) is 8.61 Å². The van der Waals surface area contributed by atoms with Crippen LogP contribution >= 0.6 is 12.1 Å². The minimum Gasteiger partial charge on any atom is -0.385 e. The van der Waals surface area contributed by atoms with Crippen LogP contribution in [0.25, 0.3) is 0 Å². The molecule has 0 saturated heterocycles. The number of ether oxygens (including phenoxy) is 8. The van der Waals surface area contributed by atoms with E-state index in [0.717, 1.165) is 78.3 Å². The fourth-order valence-corrected chi connectivity index (χ4v) is 4.10. The molecule has 0 aromatic carbocycles. The second kappa shape index (κ2) is 30.2. The fraction of sp³-hybridized carbons (Fsp3) is 1.00. The smallest absolute Gasteiger partial charge is 0.0701 e. The highest BCUT2D eigenvalue weighted by atomic mass is 32.2. The predicted octanol–water partition coefficient (Wildman–Crippen LogP) is 2.37. The minimum atomic E-state index is 0.601. The number of methoxy groups -OCH3 is 4. The van der Waals surface area contributed by atoms with E-state index in [1.54, 1.807) is 28.4 Å². The van der Waals surface area contributed by atoms with E-state index < -0.39 is 0 Å². The Morgan fingerprint density at radius 3 is 1.00 bits per heavy atom. The third kappa shape index (κ3) is 26.8. The molecule has 0 amide bonds. The Labute approximate surface area is 218 Å². The van der Waals surface area contributed by atoms with Gasteiger partial charge in [0.2, 0.25) is 0 Å². The Kier molecular flexibility index (Phi) is 30.1. The van der Waals surface area contributed by atoms with Crippen LogP contribution in [-0.2, 0) is 37.9 Å². The van der Waals surface area contributed by atoms with Gasteiger partial charge in [0.1, 0.15) is 0 Å². The van der Waals surface area contributed by atoms with E-state index in [4.69, 9.17) is 37.9 Å². The van der Waals surface area contributed by atoms with Crippen LogP contribution in [0.2, 0.25) is 0 Å². The van der Waals surface area contributed by atoms with Crippen LogP contribution in [-0.4, -0.2) is 143 Å². The topological polar surface area (TPSA) is 80.3 Å². The largest absolute Gasteiger partial charge is 0.385 e. The van der Waals surface area contributed by atoms with Crippen LogP contribution < -0.4 is 0 Å². The van der Waals surface area contributed by atoms with Gasteiger partial charge in [-0.15, -0.1) is 0 Å². The standard InChI is InChI=1S/C24H52N2O8S/c1-27-13-5-9-25(11-7-15-31-21-23-33-19-17-29-3)35-26(10-6-14-28-2)12-8-16-32-22-24-34-20-18-30-4/h5-24H2,1-4H3. The van der Waals surface area contributed by atoms with Gasteiger partial charge in [-0.3, -0.25) is 0 Å². The van der Waals surface area contributed by atoms with E-state index in [9.17, 15) is 0 Å². The van der Waals surface area contributed by atoms with Crippen LogP contribution in [0, 0.1) is 0 Å². The Morgan fingerprint density at radius 1 is 0.371 bits per heavy atom. The molecular weight excluding hydrogens is 476 g/mol. The van der Waals surface area contributed by atoms with Crippen molar-refractivity contribution in [2.45, 2.75) is 25.7 Å². The lowest BCUT2D eigenvalue weighted by Gasteiger charge is -2.29. The van der Waals surface area contributed by atoms with Crippen molar-refractivity contribution in [3.8, 4) is 0 Å². The van der Waals surface area contributed by atoms with Gasteiger partial charge in [-0.05, 0) is 25.7 Å². The molecule has 0 aliphatic carbocycles. The molecule has 0 spiro atoms. The minimum absolute atomic E-state index is 0.601. The summed E-state index contributed by atoms with van der Waals surface area (Å²) < 4.78 is 47.6. The maximum Gasteiger partial charge on any atom is 0.0701 e. The summed E-state index contributed by atoms with van der Waals surface area (Å²) in [6.07, 6.45) is 3.93. The first-order chi connectivity index (χ1) is 17.3. The van der Waals surface area contributed by atoms with Gasteiger partial charge in [0.25, 0.3) is 0 Å². The normalized spacial score (nSPS) is 11.8. The van der Waals surface area contributed by atoms with Crippen LogP contribution in [0.15, 0.2) is 0 Å². The zero-order valence-electron chi connectivity index (χ0n) is 22.7. The Bertz CT molecular complexity index is 369. The van der Waals surface area contributed by atoms with Gasteiger partial charge in [-0.1, -0.05) is 0 Å². The number of rotatable bonds is 30. The van der Waals surface area contributed by atoms with Gasteiger partial charge in [0.15, 0.2) is 0 Å². The van der Waals surface area contributed by atoms with E-state index in [1.165, 1.54) is 0 Å². The van der Waals surface area contributed by atoms with Gasteiger partial charge in [0, 0.05) is 93.2 Å². The first-order valence-corrected chi connectivity index (χ1v) is 13.5. The monoisotopic (exact) mass is 528 g/mol. The molecule has 0 aromatic heterocycles. The van der Waals surface area contributed by atoms with Crippen LogP contribution in [0.1, 0.15) is 25.7 Å². The molecule has 35 heavy (non-hydrogen) atoms. The number of hydrogen-bond donors (Lipinski definition) is 0. The lowest BCUT2D eigenvalue weighted by atomic mass is 10.4. The highest BCUT2D eigenvalue weighted by Gasteiger charge is 2.13. The van der Waals surface area contributed by atoms with Crippen molar-refractivity contribution >= 4 is 12.1 Å². The Hall–Kier alpha value is -0.0500. The first-order valence-electron chi connectivity index (χ1n) is 12.7. The maximum absolute atomic E-state index is 5.72. The molecule has 0 atom stereocenters. The second-order valence-electron chi connectivity index (χ2n) is 7.77. The van der Waals surface area contributed by atoms with Gasteiger partial charge in [-0.25, -0.2) is 8.61 Å². The second-order valence-corrected chi connectivity index (χ2v) is 8.97. The molecule has 0 aromatic rings. The predicted molar refractivity (Wildman–Crippen MR) is 140 cm³/mol. The lowest BCUT2D eigenvalue weighted by molar-refractivity contribution is 0.0234. The van der Waals surface area contributed by atoms with Crippen molar-refractivity contribution in [2.24, 2.45) is 0 Å². The molecule has 0 saturated carbocycles. The third-order valence-corrected chi connectivity index (χ3v) is 5.94. The quantitative estimate of drug-likeness (QED) is 0.102. The highest BCUT2D eigenvalue weighted by Crippen LogP contribution is 2.18. The van der Waals surface area contributed by atoms with Gasteiger partial charge in [0.05, 0.1) is 52.9 Å². The van der Waals surface area contributed by atoms with Crippen molar-refractivity contribution < 1.29 is 37.9 Å². The van der Waals surface area contributed by atoms with Crippen LogP contribution in [0.5, 0.6) is 0 Å². The fourth-order valence-electron chi connectivity index (χ4n) is 2.94. The Morgan fingerprint density at radius 2 is 0.657 bits per heavy atom.